The second-order valence-electron chi connectivity index (χ2n) is 8.79. The lowest BCUT2D eigenvalue weighted by atomic mass is 10.1. The van der Waals surface area contributed by atoms with E-state index in [2.05, 4.69) is 29.5 Å². The van der Waals surface area contributed by atoms with Crippen molar-refractivity contribution in [2.45, 2.75) is 20.8 Å². The molecule has 5 rings (SSSR count). The van der Waals surface area contributed by atoms with E-state index in [1.165, 1.54) is 0 Å². The van der Waals surface area contributed by atoms with Crippen molar-refractivity contribution in [3.8, 4) is 26.9 Å². The highest BCUT2D eigenvalue weighted by atomic mass is 35.5. The van der Waals surface area contributed by atoms with Crippen LogP contribution in [-0.2, 0) is 9.59 Å². The predicted molar refractivity (Wildman–Crippen MR) is 156 cm³/mol. The average Bonchev–Trinajstić information content (AvgIpc) is 3.60. The summed E-state index contributed by atoms with van der Waals surface area (Å²) in [4.78, 5) is 39.1. The minimum Gasteiger partial charge on any atom is -0.492 e. The standard InChI is InChI=1S/C27H27N5O3S2.ClH/c1-5-32(4)12-13-35-18-10-8-17(9-11-18)22-15(2)20-24(28-21-16(3)25(33)31-26(21)34)29-23(30-27(20)37-22)19-7-6-14-36-19;/h6-11,14H,5,12-13H2,1-4H3,(H2,28,29,30,31,33,34);1H. The first-order chi connectivity index (χ1) is 17.9. The molecule has 4 heterocycles. The van der Waals surface area contributed by atoms with Gasteiger partial charge >= 0.3 is 0 Å². The number of nitrogens with zero attached hydrogens (tertiary/aromatic N) is 3. The maximum absolute atomic E-state index is 12.4. The molecule has 38 heavy (non-hydrogen) atoms. The van der Waals surface area contributed by atoms with Crippen LogP contribution in [0.4, 0.5) is 5.82 Å². The first kappa shape index (κ1) is 27.7. The van der Waals surface area contributed by atoms with Crippen molar-refractivity contribution in [2.24, 2.45) is 0 Å². The fourth-order valence-electron chi connectivity index (χ4n) is 4.01. The Morgan fingerprint density at radius 2 is 1.84 bits per heavy atom. The summed E-state index contributed by atoms with van der Waals surface area (Å²) in [5.41, 5.74) is 2.60. The van der Waals surface area contributed by atoms with Crippen molar-refractivity contribution in [1.82, 2.24) is 20.2 Å². The number of imide groups is 1. The zero-order valence-electron chi connectivity index (χ0n) is 21.5. The predicted octanol–water partition coefficient (Wildman–Crippen LogP) is 5.49. The van der Waals surface area contributed by atoms with E-state index in [0.717, 1.165) is 49.9 Å². The van der Waals surface area contributed by atoms with Gasteiger partial charge in [0, 0.05) is 17.0 Å². The number of ether oxygens (including phenoxy) is 1. The Morgan fingerprint density at radius 3 is 2.47 bits per heavy atom. The zero-order valence-corrected chi connectivity index (χ0v) is 23.9. The summed E-state index contributed by atoms with van der Waals surface area (Å²) in [5, 5.41) is 8.29. The number of fused-ring (bicyclic) bond motifs is 1. The molecule has 2 amide bonds. The van der Waals surface area contributed by atoms with Crippen molar-refractivity contribution in [3.05, 3.63) is 58.6 Å². The highest BCUT2D eigenvalue weighted by molar-refractivity contribution is 7.22. The van der Waals surface area contributed by atoms with Gasteiger partial charge in [0.1, 0.15) is 28.7 Å². The SMILES string of the molecule is CCN(C)CCOc1ccc(-c2sc3nc(-c4cccs4)nc(NC4=C(C)C(=O)NC4=O)c3c2C)cc1.Cl. The number of likely N-dealkylation sites (N-methyl/N-ethyl adjacent to an activating group) is 1. The summed E-state index contributed by atoms with van der Waals surface area (Å²) < 4.78 is 5.90. The van der Waals surface area contributed by atoms with E-state index in [-0.39, 0.29) is 18.1 Å². The lowest BCUT2D eigenvalue weighted by Crippen LogP contribution is -2.24. The number of thiophene rings is 2. The molecule has 0 fully saturated rings. The number of hydrogen-bond acceptors (Lipinski definition) is 9. The minimum atomic E-state index is -0.458. The van der Waals surface area contributed by atoms with Gasteiger partial charge in [-0.25, -0.2) is 9.97 Å². The van der Waals surface area contributed by atoms with Gasteiger partial charge in [0.15, 0.2) is 5.82 Å². The fraction of sp³-hybridized carbons (Fsp3) is 0.259. The van der Waals surface area contributed by atoms with Crippen LogP contribution >= 0.6 is 35.1 Å². The highest BCUT2D eigenvalue weighted by Gasteiger charge is 2.29. The monoisotopic (exact) mass is 569 g/mol. The van der Waals surface area contributed by atoms with Gasteiger partial charge in [0.2, 0.25) is 0 Å². The van der Waals surface area contributed by atoms with Gasteiger partial charge in [-0.05, 0) is 74.3 Å². The van der Waals surface area contributed by atoms with Crippen LogP contribution in [0.2, 0.25) is 0 Å². The normalized spacial score (nSPS) is 13.3. The van der Waals surface area contributed by atoms with E-state index < -0.39 is 11.8 Å². The Labute approximate surface area is 235 Å². The Bertz CT molecular complexity index is 1510. The Kier molecular flexibility index (Phi) is 8.47. The molecule has 1 aliphatic rings. The van der Waals surface area contributed by atoms with Gasteiger partial charge in [0.05, 0.1) is 10.3 Å². The van der Waals surface area contributed by atoms with Crippen molar-refractivity contribution in [1.29, 1.82) is 0 Å². The molecular weight excluding hydrogens is 542 g/mol. The molecule has 11 heteroatoms. The number of carbonyl (C=O) groups is 2. The number of aryl methyl sites for hydroxylation is 1. The van der Waals surface area contributed by atoms with E-state index in [0.29, 0.717) is 23.8 Å². The molecule has 0 spiro atoms. The van der Waals surface area contributed by atoms with E-state index >= 15 is 0 Å². The maximum atomic E-state index is 12.4. The first-order valence-electron chi connectivity index (χ1n) is 12.0. The second kappa shape index (κ2) is 11.6. The summed E-state index contributed by atoms with van der Waals surface area (Å²) in [6.45, 7) is 8.26. The Hall–Kier alpha value is -3.31. The first-order valence-corrected chi connectivity index (χ1v) is 13.7. The summed E-state index contributed by atoms with van der Waals surface area (Å²) in [5.74, 6) is 1.05. The molecule has 2 N–H and O–H groups in total. The van der Waals surface area contributed by atoms with Crippen LogP contribution in [0.3, 0.4) is 0 Å². The van der Waals surface area contributed by atoms with Crippen LogP contribution in [0.25, 0.3) is 31.4 Å². The van der Waals surface area contributed by atoms with Gasteiger partial charge in [-0.3, -0.25) is 14.9 Å². The Morgan fingerprint density at radius 1 is 1.08 bits per heavy atom. The summed E-state index contributed by atoms with van der Waals surface area (Å²) >= 11 is 3.12. The van der Waals surface area contributed by atoms with Crippen LogP contribution in [0.5, 0.6) is 5.75 Å². The van der Waals surface area contributed by atoms with Crippen molar-refractivity contribution in [2.75, 3.05) is 32.1 Å². The van der Waals surface area contributed by atoms with E-state index in [4.69, 9.17) is 14.7 Å². The fourth-order valence-corrected chi connectivity index (χ4v) is 5.86. The molecule has 1 aromatic carbocycles. The van der Waals surface area contributed by atoms with Crippen molar-refractivity contribution in [3.63, 3.8) is 0 Å². The molecule has 0 aliphatic carbocycles. The third-order valence-corrected chi connectivity index (χ3v) is 8.44. The van der Waals surface area contributed by atoms with Gasteiger partial charge < -0.3 is 15.0 Å². The van der Waals surface area contributed by atoms with Gasteiger partial charge in [-0.1, -0.05) is 13.0 Å². The number of aromatic nitrogens is 2. The molecule has 3 aromatic heterocycles. The molecule has 4 aromatic rings. The smallest absolute Gasteiger partial charge is 0.275 e. The van der Waals surface area contributed by atoms with Crippen molar-refractivity contribution < 1.29 is 14.3 Å². The number of nitrogens with one attached hydrogen (secondary N) is 2. The molecule has 0 saturated heterocycles. The van der Waals surface area contributed by atoms with E-state index in [9.17, 15) is 9.59 Å². The van der Waals surface area contributed by atoms with Gasteiger partial charge in [-0.15, -0.1) is 35.1 Å². The molecular formula is C27H28ClN5O3S2. The lowest BCUT2D eigenvalue weighted by Gasteiger charge is -2.14. The number of rotatable bonds is 9. The molecule has 1 aliphatic heterocycles. The number of hydrogen-bond donors (Lipinski definition) is 2. The number of amides is 2. The van der Waals surface area contributed by atoms with Crippen LogP contribution < -0.4 is 15.4 Å². The number of anilines is 1. The number of benzene rings is 1. The summed E-state index contributed by atoms with van der Waals surface area (Å²) in [6, 6.07) is 12.0. The molecule has 198 valence electrons. The maximum Gasteiger partial charge on any atom is 0.275 e. The third kappa shape index (κ3) is 5.44. The minimum absolute atomic E-state index is 0. The third-order valence-electron chi connectivity index (χ3n) is 6.34. The average molecular weight is 570 g/mol. The lowest BCUT2D eigenvalue weighted by molar-refractivity contribution is -0.124. The topological polar surface area (TPSA) is 96.4 Å². The number of carbonyl (C=O) groups excluding carboxylic acids is 2. The van der Waals surface area contributed by atoms with Crippen molar-refractivity contribution >= 4 is 62.9 Å². The zero-order chi connectivity index (χ0) is 26.1. The Balaban J connectivity index is 0.00000336. The van der Waals surface area contributed by atoms with Crippen LogP contribution in [0.1, 0.15) is 19.4 Å². The number of halogens is 1. The molecule has 0 saturated carbocycles. The molecule has 8 nitrogen and oxygen atoms in total. The molecule has 0 bridgehead atoms. The molecule has 0 radical (unpaired) electrons. The molecule has 0 unspecified atom stereocenters. The highest BCUT2D eigenvalue weighted by Crippen LogP contribution is 2.42. The quantitative estimate of drug-likeness (QED) is 0.257. The summed E-state index contributed by atoms with van der Waals surface area (Å²) in [6.07, 6.45) is 0. The summed E-state index contributed by atoms with van der Waals surface area (Å²) in [7, 11) is 2.07. The van der Waals surface area contributed by atoms with E-state index in [1.54, 1.807) is 29.6 Å². The van der Waals surface area contributed by atoms with Crippen LogP contribution in [0, 0.1) is 6.92 Å². The van der Waals surface area contributed by atoms with Crippen LogP contribution in [0.15, 0.2) is 53.0 Å². The van der Waals surface area contributed by atoms with Gasteiger partial charge in [-0.2, -0.15) is 0 Å². The molecule has 0 atom stereocenters. The van der Waals surface area contributed by atoms with Gasteiger partial charge in [0.25, 0.3) is 11.8 Å². The van der Waals surface area contributed by atoms with E-state index in [1.807, 2.05) is 48.7 Å². The van der Waals surface area contributed by atoms with Crippen LogP contribution in [-0.4, -0.2) is 53.4 Å². The second-order valence-corrected chi connectivity index (χ2v) is 10.7. The largest absolute Gasteiger partial charge is 0.492 e.